The number of nitrogens with one attached hydrogen (secondary N) is 1. The van der Waals surface area contributed by atoms with Crippen molar-refractivity contribution in [1.29, 1.82) is 0 Å². The van der Waals surface area contributed by atoms with Gasteiger partial charge < -0.3 is 10.2 Å². The minimum absolute atomic E-state index is 0. The smallest absolute Gasteiger partial charge is 0.345 e. The van der Waals surface area contributed by atoms with E-state index in [0.717, 1.165) is 23.4 Å². The van der Waals surface area contributed by atoms with Gasteiger partial charge in [-0.3, -0.25) is 9.67 Å². The molecule has 9 heteroatoms. The van der Waals surface area contributed by atoms with E-state index in [2.05, 4.69) is 41.1 Å². The molecule has 0 spiro atoms. The molecule has 2 rings (SSSR count). The Morgan fingerprint density at radius 2 is 2.03 bits per heavy atom. The molecule has 0 fully saturated rings. The monoisotopic (exact) mass is 533 g/mol. The number of guanidine groups is 1. The van der Waals surface area contributed by atoms with Crippen LogP contribution in [0.25, 0.3) is 0 Å². The standard InChI is InChI=1S/C21H26F3N5.HI/c1-15(2)19-17(14-29(5)27-19)13-28(4)20(25-3)26-11-7-9-16-8-6-10-18(12-16)21(22,23)24;/h6,8,10,12,14-15H,11,13H2,1-5H3,(H,25,26);1H. The van der Waals surface area contributed by atoms with Gasteiger partial charge in [-0.2, -0.15) is 18.3 Å². The lowest BCUT2D eigenvalue weighted by molar-refractivity contribution is -0.137. The largest absolute Gasteiger partial charge is 0.416 e. The molecule has 0 radical (unpaired) electrons. The van der Waals surface area contributed by atoms with Gasteiger partial charge in [0.25, 0.3) is 0 Å². The maximum absolute atomic E-state index is 12.8. The molecule has 0 aliphatic rings. The third-order valence-electron chi connectivity index (χ3n) is 4.22. The highest BCUT2D eigenvalue weighted by Gasteiger charge is 2.30. The minimum atomic E-state index is -4.37. The predicted octanol–water partition coefficient (Wildman–Crippen LogP) is 4.24. The fraction of sp³-hybridized carbons (Fsp3) is 0.429. The van der Waals surface area contributed by atoms with E-state index in [0.29, 0.717) is 24.0 Å². The normalized spacial score (nSPS) is 11.6. The summed E-state index contributed by atoms with van der Waals surface area (Å²) in [7, 11) is 5.48. The second-order valence-electron chi connectivity index (χ2n) is 7.01. The molecule has 0 amide bonds. The lowest BCUT2D eigenvalue weighted by atomic mass is 10.1. The van der Waals surface area contributed by atoms with Crippen molar-refractivity contribution in [2.24, 2.45) is 12.0 Å². The van der Waals surface area contributed by atoms with Crippen molar-refractivity contribution >= 4 is 29.9 Å². The van der Waals surface area contributed by atoms with Crippen molar-refractivity contribution in [3.8, 4) is 11.8 Å². The van der Waals surface area contributed by atoms with Crippen LogP contribution in [0.4, 0.5) is 13.2 Å². The fourth-order valence-electron chi connectivity index (χ4n) is 2.92. The number of benzene rings is 1. The summed E-state index contributed by atoms with van der Waals surface area (Å²) >= 11 is 0. The van der Waals surface area contributed by atoms with Crippen LogP contribution >= 0.6 is 24.0 Å². The summed E-state index contributed by atoms with van der Waals surface area (Å²) < 4.78 is 40.1. The summed E-state index contributed by atoms with van der Waals surface area (Å²) in [6.07, 6.45) is -2.38. The molecule has 0 aliphatic heterocycles. The van der Waals surface area contributed by atoms with Crippen molar-refractivity contribution in [2.45, 2.75) is 32.5 Å². The van der Waals surface area contributed by atoms with Gasteiger partial charge in [0, 0.05) is 45.0 Å². The van der Waals surface area contributed by atoms with Gasteiger partial charge in [-0.15, -0.1) is 24.0 Å². The second-order valence-corrected chi connectivity index (χ2v) is 7.01. The average Bonchev–Trinajstić information content (AvgIpc) is 3.01. The molecule has 1 aromatic carbocycles. The number of rotatable bonds is 4. The Kier molecular flexibility index (Phi) is 9.68. The van der Waals surface area contributed by atoms with Crippen LogP contribution in [0, 0.1) is 11.8 Å². The van der Waals surface area contributed by atoms with Crippen LogP contribution < -0.4 is 5.32 Å². The number of hydrogen-bond donors (Lipinski definition) is 1. The maximum atomic E-state index is 12.8. The summed E-state index contributed by atoms with van der Waals surface area (Å²) in [4.78, 5) is 6.20. The Morgan fingerprint density at radius 1 is 1.33 bits per heavy atom. The van der Waals surface area contributed by atoms with Crippen molar-refractivity contribution in [3.63, 3.8) is 0 Å². The van der Waals surface area contributed by atoms with E-state index in [-0.39, 0.29) is 30.5 Å². The van der Waals surface area contributed by atoms with Crippen molar-refractivity contribution in [2.75, 3.05) is 20.6 Å². The molecule has 0 saturated carbocycles. The van der Waals surface area contributed by atoms with Gasteiger partial charge in [0.1, 0.15) is 0 Å². The van der Waals surface area contributed by atoms with Gasteiger partial charge in [-0.05, 0) is 24.1 Å². The molecule has 2 aromatic rings. The number of aryl methyl sites for hydroxylation is 1. The number of hydrogen-bond acceptors (Lipinski definition) is 2. The Morgan fingerprint density at radius 3 is 2.63 bits per heavy atom. The van der Waals surface area contributed by atoms with Crippen molar-refractivity contribution in [1.82, 2.24) is 20.0 Å². The molecule has 5 nitrogen and oxygen atoms in total. The average molecular weight is 533 g/mol. The molecule has 0 atom stereocenters. The van der Waals surface area contributed by atoms with Gasteiger partial charge in [-0.1, -0.05) is 31.8 Å². The zero-order chi connectivity index (χ0) is 21.6. The zero-order valence-corrected chi connectivity index (χ0v) is 20.0. The predicted molar refractivity (Wildman–Crippen MR) is 124 cm³/mol. The topological polar surface area (TPSA) is 45.5 Å². The van der Waals surface area contributed by atoms with Gasteiger partial charge in [-0.25, -0.2) is 0 Å². The highest BCUT2D eigenvalue weighted by molar-refractivity contribution is 14.0. The van der Waals surface area contributed by atoms with E-state index in [1.165, 1.54) is 6.07 Å². The summed E-state index contributed by atoms with van der Waals surface area (Å²) in [5, 5.41) is 7.62. The molecule has 0 aliphatic carbocycles. The quantitative estimate of drug-likeness (QED) is 0.277. The Bertz CT molecular complexity index is 923. The highest BCUT2D eigenvalue weighted by atomic mass is 127. The Labute approximate surface area is 192 Å². The van der Waals surface area contributed by atoms with Gasteiger partial charge in [0.15, 0.2) is 5.96 Å². The van der Waals surface area contributed by atoms with E-state index in [1.807, 2.05) is 25.2 Å². The molecule has 164 valence electrons. The van der Waals surface area contributed by atoms with Crippen LogP contribution in [0.3, 0.4) is 0 Å². The summed E-state index contributed by atoms with van der Waals surface area (Å²) in [5.74, 6) is 6.55. The van der Waals surface area contributed by atoms with Gasteiger partial charge in [0.2, 0.25) is 0 Å². The summed E-state index contributed by atoms with van der Waals surface area (Å²) in [6.45, 7) is 5.09. The molecular formula is C21H27F3IN5. The van der Waals surface area contributed by atoms with Crippen LogP contribution in [-0.4, -0.2) is 41.3 Å². The van der Waals surface area contributed by atoms with E-state index in [4.69, 9.17) is 0 Å². The lowest BCUT2D eigenvalue weighted by Gasteiger charge is -2.21. The number of aliphatic imine (C=N–C) groups is 1. The Balaban J connectivity index is 0.00000450. The third-order valence-corrected chi connectivity index (χ3v) is 4.22. The SMILES string of the molecule is CN=C(NCC#Cc1cccc(C(F)(F)F)c1)N(C)Cc1cn(C)nc1C(C)C.I. The van der Waals surface area contributed by atoms with Crippen LogP contribution in [0.15, 0.2) is 35.5 Å². The van der Waals surface area contributed by atoms with E-state index in [9.17, 15) is 13.2 Å². The molecule has 0 unspecified atom stereocenters. The first kappa shape index (κ1) is 25.8. The Hall–Kier alpha value is -2.22. The lowest BCUT2D eigenvalue weighted by Crippen LogP contribution is -2.38. The molecular weight excluding hydrogens is 506 g/mol. The molecule has 1 aromatic heterocycles. The number of aromatic nitrogens is 2. The van der Waals surface area contributed by atoms with E-state index in [1.54, 1.807) is 17.8 Å². The number of alkyl halides is 3. The van der Waals surface area contributed by atoms with E-state index < -0.39 is 11.7 Å². The first-order chi connectivity index (χ1) is 13.6. The molecule has 1 N–H and O–H groups in total. The minimum Gasteiger partial charge on any atom is -0.345 e. The van der Waals surface area contributed by atoms with Gasteiger partial charge >= 0.3 is 6.18 Å². The first-order valence-electron chi connectivity index (χ1n) is 9.22. The van der Waals surface area contributed by atoms with Crippen LogP contribution in [-0.2, 0) is 19.8 Å². The number of nitrogens with zero attached hydrogens (tertiary/aromatic N) is 4. The zero-order valence-electron chi connectivity index (χ0n) is 17.7. The first-order valence-corrected chi connectivity index (χ1v) is 9.22. The highest BCUT2D eigenvalue weighted by Crippen LogP contribution is 2.29. The second kappa shape index (κ2) is 11.2. The summed E-state index contributed by atoms with van der Waals surface area (Å²) in [5.41, 5.74) is 1.77. The van der Waals surface area contributed by atoms with Crippen molar-refractivity contribution in [3.05, 3.63) is 52.8 Å². The van der Waals surface area contributed by atoms with Crippen LogP contribution in [0.1, 0.15) is 42.1 Å². The van der Waals surface area contributed by atoms with Crippen molar-refractivity contribution < 1.29 is 13.2 Å². The van der Waals surface area contributed by atoms with Gasteiger partial charge in [0.05, 0.1) is 17.8 Å². The molecule has 1 heterocycles. The maximum Gasteiger partial charge on any atom is 0.416 e. The van der Waals surface area contributed by atoms with Crippen LogP contribution in [0.5, 0.6) is 0 Å². The molecule has 30 heavy (non-hydrogen) atoms. The summed E-state index contributed by atoms with van der Waals surface area (Å²) in [6, 6.07) is 4.99. The fourth-order valence-corrected chi connectivity index (χ4v) is 2.92. The number of halogens is 4. The van der Waals surface area contributed by atoms with E-state index >= 15 is 0 Å². The third kappa shape index (κ3) is 7.23. The molecule has 0 bridgehead atoms. The van der Waals surface area contributed by atoms with Crippen LogP contribution in [0.2, 0.25) is 0 Å². The molecule has 0 saturated heterocycles.